The van der Waals surface area contributed by atoms with Gasteiger partial charge in [0.25, 0.3) is 0 Å². The van der Waals surface area contributed by atoms with Crippen LogP contribution >= 0.6 is 22.9 Å². The zero-order valence-electron chi connectivity index (χ0n) is 6.75. The second-order valence-electron chi connectivity index (χ2n) is 2.79. The number of alkyl halides is 1. The van der Waals surface area contributed by atoms with Crippen LogP contribution in [0.2, 0.25) is 0 Å². The molecule has 0 amide bonds. The van der Waals surface area contributed by atoms with E-state index < -0.39 is 0 Å². The minimum absolute atomic E-state index is 0.182. The third kappa shape index (κ3) is 1.34. The number of anilines is 1. The van der Waals surface area contributed by atoms with Crippen LogP contribution in [0.1, 0.15) is 5.56 Å². The summed E-state index contributed by atoms with van der Waals surface area (Å²) >= 11 is 6.96. The molecule has 2 rings (SSSR count). The molecule has 2 aromatic rings. The number of hydrogen-bond acceptors (Lipinski definition) is 3. The molecule has 1 aromatic heterocycles. The maximum atomic E-state index is 9.37. The predicted octanol–water partition coefficient (Wildman–Crippen LogP) is 2.93. The molecule has 0 saturated carbocycles. The monoisotopic (exact) mass is 213 g/mol. The van der Waals surface area contributed by atoms with Crippen molar-refractivity contribution in [2.24, 2.45) is 0 Å². The van der Waals surface area contributed by atoms with Gasteiger partial charge >= 0.3 is 0 Å². The average Bonchev–Trinajstić information content (AvgIpc) is 2.42. The van der Waals surface area contributed by atoms with E-state index in [1.54, 1.807) is 0 Å². The maximum absolute atomic E-state index is 9.37. The summed E-state index contributed by atoms with van der Waals surface area (Å²) in [6.45, 7) is 0. The molecular weight excluding hydrogens is 206 g/mol. The highest BCUT2D eigenvalue weighted by Crippen LogP contribution is 2.39. The van der Waals surface area contributed by atoms with E-state index in [0.29, 0.717) is 11.6 Å². The summed E-state index contributed by atoms with van der Waals surface area (Å²) in [6.07, 6.45) is 0. The molecule has 2 nitrogen and oxygen atoms in total. The highest BCUT2D eigenvalue weighted by Gasteiger charge is 2.07. The van der Waals surface area contributed by atoms with Crippen molar-refractivity contribution in [3.8, 4) is 5.06 Å². The first-order valence-electron chi connectivity index (χ1n) is 3.78. The van der Waals surface area contributed by atoms with Crippen LogP contribution in [-0.4, -0.2) is 5.11 Å². The van der Waals surface area contributed by atoms with Crippen molar-refractivity contribution >= 4 is 38.7 Å². The van der Waals surface area contributed by atoms with E-state index in [2.05, 4.69) is 0 Å². The van der Waals surface area contributed by atoms with Crippen LogP contribution in [0, 0.1) is 0 Å². The lowest BCUT2D eigenvalue weighted by molar-refractivity contribution is 0.493. The lowest BCUT2D eigenvalue weighted by Crippen LogP contribution is -1.82. The summed E-state index contributed by atoms with van der Waals surface area (Å²) in [5.41, 5.74) is 7.15. The Kier molecular flexibility index (Phi) is 2.06. The molecule has 0 bridgehead atoms. The van der Waals surface area contributed by atoms with Crippen LogP contribution in [0.5, 0.6) is 5.06 Å². The number of thiophene rings is 1. The number of aromatic hydroxyl groups is 1. The number of benzene rings is 1. The SMILES string of the molecule is Nc1c(O)sc2cc(CCl)ccc12. The number of fused-ring (bicyclic) bond motifs is 1. The Labute approximate surface area is 84.6 Å². The lowest BCUT2D eigenvalue weighted by atomic mass is 10.2. The Morgan fingerprint density at radius 3 is 2.92 bits per heavy atom. The van der Waals surface area contributed by atoms with Crippen molar-refractivity contribution in [1.82, 2.24) is 0 Å². The van der Waals surface area contributed by atoms with Gasteiger partial charge in [0.1, 0.15) is 0 Å². The topological polar surface area (TPSA) is 46.2 Å². The van der Waals surface area contributed by atoms with Gasteiger partial charge in [0.15, 0.2) is 5.06 Å². The molecule has 0 atom stereocenters. The number of nitrogens with two attached hydrogens (primary N) is 1. The second kappa shape index (κ2) is 3.09. The minimum atomic E-state index is 0.182. The summed E-state index contributed by atoms with van der Waals surface area (Å²) in [7, 11) is 0. The summed E-state index contributed by atoms with van der Waals surface area (Å²) in [6, 6.07) is 5.75. The quantitative estimate of drug-likeness (QED) is 0.716. The van der Waals surface area contributed by atoms with Crippen molar-refractivity contribution in [2.75, 3.05) is 5.73 Å². The molecule has 68 valence electrons. The standard InChI is InChI=1S/C9H8ClNOS/c10-4-5-1-2-6-7(3-5)13-9(12)8(6)11/h1-3,12H,4,11H2. The Hall–Kier alpha value is -0.930. The fourth-order valence-corrected chi connectivity index (χ4v) is 2.32. The molecule has 1 aromatic carbocycles. The number of hydrogen-bond donors (Lipinski definition) is 2. The van der Waals surface area contributed by atoms with Gasteiger partial charge in [0.05, 0.1) is 5.69 Å². The fraction of sp³-hybridized carbons (Fsp3) is 0.111. The molecule has 0 saturated heterocycles. The summed E-state index contributed by atoms with van der Waals surface area (Å²) in [5, 5.41) is 10.4. The fourth-order valence-electron chi connectivity index (χ4n) is 1.23. The maximum Gasteiger partial charge on any atom is 0.196 e. The molecular formula is C9H8ClNOS. The first-order valence-corrected chi connectivity index (χ1v) is 5.13. The van der Waals surface area contributed by atoms with Crippen LogP contribution in [-0.2, 0) is 5.88 Å². The van der Waals surface area contributed by atoms with Crippen LogP contribution in [0.4, 0.5) is 5.69 Å². The van der Waals surface area contributed by atoms with Crippen LogP contribution < -0.4 is 5.73 Å². The Morgan fingerprint density at radius 1 is 1.46 bits per heavy atom. The Bertz CT molecular complexity index is 452. The molecule has 0 unspecified atom stereocenters. The molecule has 3 N–H and O–H groups in total. The number of rotatable bonds is 1. The van der Waals surface area contributed by atoms with E-state index in [0.717, 1.165) is 15.6 Å². The van der Waals surface area contributed by atoms with Crippen molar-refractivity contribution in [3.05, 3.63) is 23.8 Å². The van der Waals surface area contributed by atoms with Gasteiger partial charge in [0, 0.05) is 16.0 Å². The molecule has 13 heavy (non-hydrogen) atoms. The van der Waals surface area contributed by atoms with Gasteiger partial charge in [-0.05, 0) is 11.6 Å². The van der Waals surface area contributed by atoms with Gasteiger partial charge in [0.2, 0.25) is 0 Å². The van der Waals surface area contributed by atoms with Crippen molar-refractivity contribution in [3.63, 3.8) is 0 Å². The highest BCUT2D eigenvalue weighted by molar-refractivity contribution is 7.21. The number of halogens is 1. The van der Waals surface area contributed by atoms with Crippen LogP contribution in [0.25, 0.3) is 10.1 Å². The van der Waals surface area contributed by atoms with Crippen molar-refractivity contribution in [1.29, 1.82) is 0 Å². The van der Waals surface area contributed by atoms with Gasteiger partial charge in [-0.25, -0.2) is 0 Å². The summed E-state index contributed by atoms with van der Waals surface area (Å²) < 4.78 is 0.980. The van der Waals surface area contributed by atoms with E-state index in [4.69, 9.17) is 17.3 Å². The summed E-state index contributed by atoms with van der Waals surface area (Å²) in [5.74, 6) is 0.481. The van der Waals surface area contributed by atoms with E-state index in [9.17, 15) is 5.11 Å². The van der Waals surface area contributed by atoms with Gasteiger partial charge < -0.3 is 10.8 Å². The smallest absolute Gasteiger partial charge is 0.196 e. The first kappa shape index (κ1) is 8.66. The molecule has 0 aliphatic heterocycles. The molecule has 4 heteroatoms. The van der Waals surface area contributed by atoms with E-state index in [-0.39, 0.29) is 5.06 Å². The molecule has 0 radical (unpaired) electrons. The largest absolute Gasteiger partial charge is 0.498 e. The van der Waals surface area contributed by atoms with Gasteiger partial charge in [-0.1, -0.05) is 23.5 Å². The molecule has 0 spiro atoms. The van der Waals surface area contributed by atoms with Gasteiger partial charge in [-0.15, -0.1) is 11.6 Å². The summed E-state index contributed by atoms with van der Waals surface area (Å²) in [4.78, 5) is 0. The van der Waals surface area contributed by atoms with Crippen LogP contribution in [0.15, 0.2) is 18.2 Å². The molecule has 1 heterocycles. The third-order valence-electron chi connectivity index (χ3n) is 1.93. The highest BCUT2D eigenvalue weighted by atomic mass is 35.5. The Morgan fingerprint density at radius 2 is 2.23 bits per heavy atom. The first-order chi connectivity index (χ1) is 6.22. The van der Waals surface area contributed by atoms with Gasteiger partial charge in [-0.2, -0.15) is 0 Å². The van der Waals surface area contributed by atoms with Gasteiger partial charge in [-0.3, -0.25) is 0 Å². The zero-order valence-corrected chi connectivity index (χ0v) is 8.32. The molecule has 0 aliphatic carbocycles. The Balaban J connectivity index is 2.73. The van der Waals surface area contributed by atoms with E-state index in [1.165, 1.54) is 11.3 Å². The van der Waals surface area contributed by atoms with E-state index >= 15 is 0 Å². The minimum Gasteiger partial charge on any atom is -0.498 e. The molecule has 0 aliphatic rings. The van der Waals surface area contributed by atoms with E-state index in [1.807, 2.05) is 18.2 Å². The zero-order chi connectivity index (χ0) is 9.42. The molecule has 0 fully saturated rings. The lowest BCUT2D eigenvalue weighted by Gasteiger charge is -1.94. The van der Waals surface area contributed by atoms with Crippen molar-refractivity contribution in [2.45, 2.75) is 5.88 Å². The van der Waals surface area contributed by atoms with Crippen molar-refractivity contribution < 1.29 is 5.11 Å². The third-order valence-corrected chi connectivity index (χ3v) is 3.21. The number of nitrogen functional groups attached to an aromatic ring is 1. The average molecular weight is 214 g/mol. The van der Waals surface area contributed by atoms with Crippen LogP contribution in [0.3, 0.4) is 0 Å². The second-order valence-corrected chi connectivity index (χ2v) is 4.08. The predicted molar refractivity (Wildman–Crippen MR) is 57.5 cm³/mol. The normalized spacial score (nSPS) is 10.8.